The van der Waals surface area contributed by atoms with E-state index in [1.807, 2.05) is 60.7 Å². The zero-order valence-corrected chi connectivity index (χ0v) is 26.3. The molecule has 0 aliphatic carbocycles. The van der Waals surface area contributed by atoms with Crippen LogP contribution in [0.4, 0.5) is 0 Å². The summed E-state index contributed by atoms with van der Waals surface area (Å²) in [5.74, 6) is 0.784. The van der Waals surface area contributed by atoms with Gasteiger partial charge in [-0.15, -0.1) is 0 Å². The molecule has 0 aliphatic heterocycles. The molecule has 0 bridgehead atoms. The zero-order valence-electron chi connectivity index (χ0n) is 26.3. The van der Waals surface area contributed by atoms with Crippen LogP contribution in [0.1, 0.15) is 16.7 Å². The summed E-state index contributed by atoms with van der Waals surface area (Å²) in [5.41, 5.74) is 18.8. The number of pyridine rings is 1. The van der Waals surface area contributed by atoms with Crippen LogP contribution >= 0.6 is 0 Å². The Morgan fingerprint density at radius 1 is 0.638 bits per heavy atom. The van der Waals surface area contributed by atoms with Gasteiger partial charge in [0.05, 0.1) is 11.0 Å². The molecule has 2 heterocycles. The van der Waals surface area contributed by atoms with E-state index in [9.17, 15) is 0 Å². The molecule has 0 unspecified atom stereocenters. The summed E-state index contributed by atoms with van der Waals surface area (Å²) in [6.45, 7) is 2.72. The zero-order chi connectivity index (χ0) is 32.6. The van der Waals surface area contributed by atoms with Crippen LogP contribution in [0.2, 0.25) is 0 Å². The molecule has 230 valence electrons. The van der Waals surface area contributed by atoms with E-state index in [0.29, 0.717) is 12.1 Å². The topological polar surface area (TPSA) is 93.7 Å². The highest BCUT2D eigenvalue weighted by Crippen LogP contribution is 2.38. The Kier molecular flexibility index (Phi) is 9.47. The van der Waals surface area contributed by atoms with Gasteiger partial charge in [0.1, 0.15) is 11.7 Å². The number of nitrogen functional groups attached to an aromatic ring is 1. The Morgan fingerprint density at radius 3 is 1.91 bits per heavy atom. The number of hydrogen-bond donors (Lipinski definition) is 3. The van der Waals surface area contributed by atoms with Crippen LogP contribution in [0.25, 0.3) is 49.5 Å². The molecule has 8 aromatic rings. The number of benzene rings is 6. The predicted octanol–water partition coefficient (Wildman–Crippen LogP) is 9.42. The van der Waals surface area contributed by atoms with E-state index >= 15 is 0 Å². The predicted molar refractivity (Wildman–Crippen MR) is 198 cm³/mol. The highest BCUT2D eigenvalue weighted by molar-refractivity contribution is 6.21. The van der Waals surface area contributed by atoms with Crippen LogP contribution in [0.5, 0.6) is 0 Å². The van der Waals surface area contributed by atoms with Crippen molar-refractivity contribution in [2.75, 3.05) is 0 Å². The average molecular weight is 612 g/mol. The van der Waals surface area contributed by atoms with E-state index in [1.54, 1.807) is 12.3 Å². The second-order valence-corrected chi connectivity index (χ2v) is 11.3. The van der Waals surface area contributed by atoms with E-state index in [2.05, 4.69) is 107 Å². The summed E-state index contributed by atoms with van der Waals surface area (Å²) in [6.07, 6.45) is 1.71. The summed E-state index contributed by atoms with van der Waals surface area (Å²) >= 11 is 0. The third kappa shape index (κ3) is 6.96. The number of nitrogens with zero attached hydrogens (tertiary/aromatic N) is 2. The van der Waals surface area contributed by atoms with Crippen molar-refractivity contribution in [3.63, 3.8) is 0 Å². The normalized spacial score (nSPS) is 10.6. The fourth-order valence-electron chi connectivity index (χ4n) is 5.70. The maximum absolute atomic E-state index is 7.86. The van der Waals surface area contributed by atoms with Gasteiger partial charge in [-0.25, -0.2) is 4.98 Å². The van der Waals surface area contributed by atoms with Crippen LogP contribution < -0.4 is 11.5 Å². The van der Waals surface area contributed by atoms with Crippen molar-refractivity contribution in [1.82, 2.24) is 9.55 Å². The van der Waals surface area contributed by atoms with E-state index < -0.39 is 0 Å². The largest absolute Gasteiger partial charge is 0.384 e. The van der Waals surface area contributed by atoms with Crippen molar-refractivity contribution in [2.45, 2.75) is 13.5 Å². The van der Waals surface area contributed by atoms with Gasteiger partial charge in [0.15, 0.2) is 0 Å². The van der Waals surface area contributed by atoms with Gasteiger partial charge in [-0.1, -0.05) is 133 Å². The van der Waals surface area contributed by atoms with Gasteiger partial charge in [0.25, 0.3) is 0 Å². The lowest BCUT2D eigenvalue weighted by atomic mass is 10.0. The molecule has 0 aliphatic rings. The first kappa shape index (κ1) is 31.0. The minimum atomic E-state index is 0.0335. The molecule has 2 aromatic heterocycles. The van der Waals surface area contributed by atoms with Crippen LogP contribution in [0.15, 0.2) is 164 Å². The monoisotopic (exact) mass is 611 g/mol. The summed E-state index contributed by atoms with van der Waals surface area (Å²) in [5, 5.41) is 12.6. The number of fused-ring (bicyclic) bond motifs is 5. The lowest BCUT2D eigenvalue weighted by molar-refractivity contribution is 1.07. The van der Waals surface area contributed by atoms with Crippen molar-refractivity contribution < 1.29 is 0 Å². The van der Waals surface area contributed by atoms with Crippen molar-refractivity contribution in [3.05, 3.63) is 181 Å². The molecule has 8 rings (SSSR count). The first-order chi connectivity index (χ1) is 23.0. The van der Waals surface area contributed by atoms with Gasteiger partial charge < -0.3 is 11.5 Å². The number of nitrogens with one attached hydrogen (secondary N) is 1. The number of aryl methyl sites for hydroxylation is 1. The molecule has 5 nitrogen and oxygen atoms in total. The molecule has 5 heteroatoms. The lowest BCUT2D eigenvalue weighted by Crippen LogP contribution is -2.12. The Labute approximate surface area is 275 Å². The van der Waals surface area contributed by atoms with Gasteiger partial charge in [0, 0.05) is 29.1 Å². The standard InChI is InChI=1S/C28H20N4.C7H9N.C7H8/c29-28(30)21-14-15-31-26(17-21)32-24-12-11-20(18-6-2-1-3-7-18)16-23(24)27-22-9-5-4-8-19(22)10-13-25(27)32;8-6-7-4-2-1-3-5-7;1-7-5-3-2-4-6-7/h1-17H,(H3,29,30);1-5H,6,8H2;2-6H,1H3. The number of aromatic nitrogens is 2. The van der Waals surface area contributed by atoms with Crippen LogP contribution in [-0.4, -0.2) is 15.4 Å². The molecule has 0 fully saturated rings. The summed E-state index contributed by atoms with van der Waals surface area (Å²) in [7, 11) is 0. The molecular weight excluding hydrogens is 574 g/mol. The van der Waals surface area contributed by atoms with Gasteiger partial charge >= 0.3 is 0 Å². The first-order valence-electron chi connectivity index (χ1n) is 15.6. The third-order valence-electron chi connectivity index (χ3n) is 8.07. The SMILES string of the molecule is Cc1ccccc1.N=C(N)c1ccnc(-n2c3ccc(-c4ccccc4)cc3c3c4ccccc4ccc32)c1.NCc1ccccc1. The second-order valence-electron chi connectivity index (χ2n) is 11.3. The van der Waals surface area contributed by atoms with Gasteiger partial charge in [-0.05, 0) is 64.7 Å². The van der Waals surface area contributed by atoms with E-state index in [-0.39, 0.29) is 5.84 Å². The third-order valence-corrected chi connectivity index (χ3v) is 8.07. The number of nitrogens with two attached hydrogens (primary N) is 2. The fourth-order valence-corrected chi connectivity index (χ4v) is 5.70. The van der Waals surface area contributed by atoms with Crippen LogP contribution in [0.3, 0.4) is 0 Å². The summed E-state index contributed by atoms with van der Waals surface area (Å²) in [4.78, 5) is 4.64. The number of amidine groups is 1. The van der Waals surface area contributed by atoms with E-state index in [0.717, 1.165) is 16.9 Å². The van der Waals surface area contributed by atoms with Gasteiger partial charge in [-0.3, -0.25) is 9.98 Å². The molecule has 0 saturated heterocycles. The molecule has 0 radical (unpaired) electrons. The van der Waals surface area contributed by atoms with Crippen molar-refractivity contribution in [3.8, 4) is 16.9 Å². The maximum Gasteiger partial charge on any atom is 0.138 e. The molecule has 6 aromatic carbocycles. The fraction of sp³-hybridized carbons (Fsp3) is 0.0476. The summed E-state index contributed by atoms with van der Waals surface area (Å²) < 4.78 is 2.16. The van der Waals surface area contributed by atoms with E-state index in [4.69, 9.17) is 16.9 Å². The second kappa shape index (κ2) is 14.4. The van der Waals surface area contributed by atoms with Crippen molar-refractivity contribution >= 4 is 38.4 Å². The van der Waals surface area contributed by atoms with Gasteiger partial charge in [0.2, 0.25) is 0 Å². The number of rotatable bonds is 4. The maximum atomic E-state index is 7.86. The van der Waals surface area contributed by atoms with E-state index in [1.165, 1.54) is 43.8 Å². The molecule has 5 N–H and O–H groups in total. The quantitative estimate of drug-likeness (QED) is 0.137. The highest BCUT2D eigenvalue weighted by atomic mass is 15.1. The van der Waals surface area contributed by atoms with Crippen molar-refractivity contribution in [2.24, 2.45) is 11.5 Å². The number of hydrogen-bond acceptors (Lipinski definition) is 3. The minimum Gasteiger partial charge on any atom is -0.384 e. The van der Waals surface area contributed by atoms with Crippen LogP contribution in [-0.2, 0) is 6.54 Å². The Hall–Kier alpha value is -6.04. The minimum absolute atomic E-state index is 0.0335. The lowest BCUT2D eigenvalue weighted by Gasteiger charge is -2.09. The smallest absolute Gasteiger partial charge is 0.138 e. The van der Waals surface area contributed by atoms with Gasteiger partial charge in [-0.2, -0.15) is 0 Å². The molecule has 0 amide bonds. The van der Waals surface area contributed by atoms with Crippen molar-refractivity contribution in [1.29, 1.82) is 5.41 Å². The molecule has 47 heavy (non-hydrogen) atoms. The molecule has 0 saturated carbocycles. The first-order valence-corrected chi connectivity index (χ1v) is 15.6. The average Bonchev–Trinajstić information content (AvgIpc) is 3.47. The highest BCUT2D eigenvalue weighted by Gasteiger charge is 2.17. The Balaban J connectivity index is 0.000000211. The molecule has 0 atom stereocenters. The van der Waals surface area contributed by atoms with Crippen LogP contribution in [0, 0.1) is 12.3 Å². The molecular formula is C42H37N5. The Bertz CT molecular complexity index is 2260. The Morgan fingerprint density at radius 2 is 1.28 bits per heavy atom. The molecule has 0 spiro atoms. The summed E-state index contributed by atoms with van der Waals surface area (Å²) in [6, 6.07) is 53.7.